The summed E-state index contributed by atoms with van der Waals surface area (Å²) in [4.78, 5) is 0. The first-order chi connectivity index (χ1) is 8.20. The van der Waals surface area contributed by atoms with Gasteiger partial charge in [-0.3, -0.25) is 0 Å². The Kier molecular flexibility index (Phi) is 5.09. The minimum absolute atomic E-state index is 0.109. The van der Waals surface area contributed by atoms with Gasteiger partial charge in [-0.1, -0.05) is 19.3 Å². The highest BCUT2D eigenvalue weighted by molar-refractivity contribution is 9.13. The fourth-order valence-electron chi connectivity index (χ4n) is 2.08. The number of nitrogens with one attached hydrogen (secondary N) is 1. The van der Waals surface area contributed by atoms with Gasteiger partial charge in [0.2, 0.25) is 0 Å². The van der Waals surface area contributed by atoms with Crippen LogP contribution in [-0.4, -0.2) is 13.1 Å². The van der Waals surface area contributed by atoms with Crippen molar-refractivity contribution in [3.63, 3.8) is 0 Å². The molecule has 1 aliphatic rings. The molecular weight excluding hydrogens is 348 g/mol. The molecular formula is C12H18Br2N2O. The van der Waals surface area contributed by atoms with E-state index in [2.05, 4.69) is 37.2 Å². The minimum Gasteiger partial charge on any atom is -0.451 e. The topological polar surface area (TPSA) is 51.2 Å². The van der Waals surface area contributed by atoms with Crippen molar-refractivity contribution in [3.8, 4) is 0 Å². The third kappa shape index (κ3) is 3.56. The number of hydrogen-bond acceptors (Lipinski definition) is 3. The number of hydrogen-bond donors (Lipinski definition) is 2. The Bertz CT molecular complexity index is 344. The monoisotopic (exact) mass is 364 g/mol. The van der Waals surface area contributed by atoms with Gasteiger partial charge < -0.3 is 15.5 Å². The molecule has 0 radical (unpaired) electrons. The number of nitrogens with two attached hydrogens (primary N) is 1. The third-order valence-electron chi connectivity index (χ3n) is 3.41. The quantitative estimate of drug-likeness (QED) is 0.809. The van der Waals surface area contributed by atoms with Gasteiger partial charge in [-0.15, -0.1) is 0 Å². The van der Waals surface area contributed by atoms with Crippen molar-refractivity contribution in [1.82, 2.24) is 5.32 Å². The molecule has 3 N–H and O–H groups in total. The summed E-state index contributed by atoms with van der Waals surface area (Å²) in [5.74, 6) is 1.82. The van der Waals surface area contributed by atoms with E-state index in [0.717, 1.165) is 27.4 Å². The van der Waals surface area contributed by atoms with Gasteiger partial charge in [-0.2, -0.15) is 0 Å². The van der Waals surface area contributed by atoms with Gasteiger partial charge in [0.25, 0.3) is 0 Å². The zero-order valence-electron chi connectivity index (χ0n) is 9.72. The lowest BCUT2D eigenvalue weighted by molar-refractivity contribution is 0.284. The van der Waals surface area contributed by atoms with Crippen LogP contribution in [-0.2, 0) is 0 Å². The molecule has 1 fully saturated rings. The molecule has 3 nitrogen and oxygen atoms in total. The van der Waals surface area contributed by atoms with E-state index >= 15 is 0 Å². The van der Waals surface area contributed by atoms with E-state index in [1.165, 1.54) is 25.7 Å². The van der Waals surface area contributed by atoms with Crippen LogP contribution in [0.3, 0.4) is 0 Å². The summed E-state index contributed by atoms with van der Waals surface area (Å²) < 4.78 is 7.26. The minimum atomic E-state index is 0.109. The SMILES string of the molecule is NCC(NCCC1CCC1)c1cc(Br)c(Br)o1. The largest absolute Gasteiger partial charge is 0.451 e. The maximum absolute atomic E-state index is 5.77. The second-order valence-electron chi connectivity index (χ2n) is 4.60. The molecule has 17 heavy (non-hydrogen) atoms. The number of halogens is 2. The standard InChI is InChI=1S/C12H18Br2N2O/c13-9-6-11(17-12(9)14)10(7-15)16-5-4-8-2-1-3-8/h6,8,10,16H,1-5,7,15H2. The van der Waals surface area contributed by atoms with Crippen LogP contribution in [0.15, 0.2) is 19.6 Å². The van der Waals surface area contributed by atoms with Gasteiger partial charge in [0.1, 0.15) is 5.76 Å². The van der Waals surface area contributed by atoms with Crippen LogP contribution in [0.25, 0.3) is 0 Å². The summed E-state index contributed by atoms with van der Waals surface area (Å²) in [6.07, 6.45) is 5.45. The van der Waals surface area contributed by atoms with Gasteiger partial charge in [0, 0.05) is 6.54 Å². The summed E-state index contributed by atoms with van der Waals surface area (Å²) >= 11 is 6.76. The molecule has 1 heterocycles. The van der Waals surface area contributed by atoms with Crippen LogP contribution in [0.5, 0.6) is 0 Å². The molecule has 1 aliphatic carbocycles. The van der Waals surface area contributed by atoms with E-state index < -0.39 is 0 Å². The Morgan fingerprint density at radius 3 is 2.71 bits per heavy atom. The second kappa shape index (κ2) is 6.36. The van der Waals surface area contributed by atoms with Gasteiger partial charge >= 0.3 is 0 Å². The normalized spacial score (nSPS) is 18.1. The van der Waals surface area contributed by atoms with Crippen LogP contribution in [0.4, 0.5) is 0 Å². The Morgan fingerprint density at radius 2 is 2.24 bits per heavy atom. The molecule has 1 aromatic rings. The average molecular weight is 366 g/mol. The number of furan rings is 1. The fraction of sp³-hybridized carbons (Fsp3) is 0.667. The Labute approximate surface area is 119 Å². The second-order valence-corrected chi connectivity index (χ2v) is 6.17. The lowest BCUT2D eigenvalue weighted by atomic mass is 9.83. The predicted molar refractivity (Wildman–Crippen MR) is 75.9 cm³/mol. The van der Waals surface area contributed by atoms with Gasteiger partial charge in [0.05, 0.1) is 10.5 Å². The highest BCUT2D eigenvalue weighted by Gasteiger charge is 2.19. The summed E-state index contributed by atoms with van der Waals surface area (Å²) in [7, 11) is 0. The molecule has 5 heteroatoms. The molecule has 1 saturated carbocycles. The first kappa shape index (κ1) is 13.6. The molecule has 0 spiro atoms. The van der Waals surface area contributed by atoms with Crippen LogP contribution in [0.1, 0.15) is 37.5 Å². The average Bonchev–Trinajstić information content (AvgIpc) is 2.56. The maximum Gasteiger partial charge on any atom is 0.183 e. The predicted octanol–water partition coefficient (Wildman–Crippen LogP) is 3.58. The Hall–Kier alpha value is 0.160. The molecule has 1 atom stereocenters. The molecule has 0 bridgehead atoms. The van der Waals surface area contributed by atoms with Crippen molar-refractivity contribution in [2.45, 2.75) is 31.7 Å². The third-order valence-corrected chi connectivity index (χ3v) is 5.12. The van der Waals surface area contributed by atoms with E-state index in [4.69, 9.17) is 10.2 Å². The molecule has 0 saturated heterocycles. The van der Waals surface area contributed by atoms with E-state index in [0.29, 0.717) is 6.54 Å². The summed E-state index contributed by atoms with van der Waals surface area (Å²) in [5, 5.41) is 3.46. The van der Waals surface area contributed by atoms with Crippen molar-refractivity contribution in [2.75, 3.05) is 13.1 Å². The molecule has 0 amide bonds. The van der Waals surface area contributed by atoms with Gasteiger partial charge in [-0.25, -0.2) is 0 Å². The van der Waals surface area contributed by atoms with Gasteiger partial charge in [0.15, 0.2) is 4.67 Å². The van der Waals surface area contributed by atoms with Crippen LogP contribution < -0.4 is 11.1 Å². The van der Waals surface area contributed by atoms with E-state index in [-0.39, 0.29) is 6.04 Å². The van der Waals surface area contributed by atoms with Crippen molar-refractivity contribution < 1.29 is 4.42 Å². The zero-order valence-corrected chi connectivity index (χ0v) is 12.9. The van der Waals surface area contributed by atoms with E-state index in [1.54, 1.807) is 0 Å². The van der Waals surface area contributed by atoms with Crippen LogP contribution >= 0.6 is 31.9 Å². The number of rotatable bonds is 6. The van der Waals surface area contributed by atoms with Crippen molar-refractivity contribution in [2.24, 2.45) is 11.7 Å². The van der Waals surface area contributed by atoms with Crippen molar-refractivity contribution in [1.29, 1.82) is 0 Å². The lowest BCUT2D eigenvalue weighted by Crippen LogP contribution is -2.30. The lowest BCUT2D eigenvalue weighted by Gasteiger charge is -2.26. The molecule has 0 aromatic carbocycles. The first-order valence-electron chi connectivity index (χ1n) is 6.09. The summed E-state index contributed by atoms with van der Waals surface area (Å²) in [6, 6.07) is 2.08. The fourth-order valence-corrected chi connectivity index (χ4v) is 2.69. The molecule has 96 valence electrons. The van der Waals surface area contributed by atoms with Gasteiger partial charge in [-0.05, 0) is 56.8 Å². The zero-order chi connectivity index (χ0) is 12.3. The summed E-state index contributed by atoms with van der Waals surface area (Å²) in [5.41, 5.74) is 5.77. The molecule has 2 rings (SSSR count). The Morgan fingerprint density at radius 1 is 1.47 bits per heavy atom. The first-order valence-corrected chi connectivity index (χ1v) is 7.67. The van der Waals surface area contributed by atoms with E-state index in [1.807, 2.05) is 6.07 Å². The van der Waals surface area contributed by atoms with Crippen LogP contribution in [0.2, 0.25) is 0 Å². The molecule has 1 unspecified atom stereocenters. The summed E-state index contributed by atoms with van der Waals surface area (Å²) in [6.45, 7) is 1.57. The van der Waals surface area contributed by atoms with E-state index in [9.17, 15) is 0 Å². The highest BCUT2D eigenvalue weighted by atomic mass is 79.9. The Balaban J connectivity index is 1.82. The van der Waals surface area contributed by atoms with Crippen molar-refractivity contribution in [3.05, 3.63) is 21.0 Å². The van der Waals surface area contributed by atoms with Crippen LogP contribution in [0, 0.1) is 5.92 Å². The molecule has 1 aromatic heterocycles. The molecule has 0 aliphatic heterocycles. The highest BCUT2D eigenvalue weighted by Crippen LogP contribution is 2.31. The smallest absolute Gasteiger partial charge is 0.183 e. The maximum atomic E-state index is 5.77. The van der Waals surface area contributed by atoms with Crippen molar-refractivity contribution >= 4 is 31.9 Å².